The molecule has 1 fully saturated rings. The fourth-order valence-corrected chi connectivity index (χ4v) is 6.70. The Morgan fingerprint density at radius 2 is 1.46 bits per heavy atom. The minimum absolute atomic E-state index is 0.0493. The maximum Gasteiger partial charge on any atom is 0.261 e. The summed E-state index contributed by atoms with van der Waals surface area (Å²) >= 11 is 18.1. The molecule has 4 rings (SSSR count). The Labute approximate surface area is 229 Å². The number of nitrogens with zero attached hydrogens (tertiary/aromatic N) is 1. The second-order valence-corrected chi connectivity index (χ2v) is 12.7. The third-order valence-electron chi connectivity index (χ3n) is 5.39. The van der Waals surface area contributed by atoms with Gasteiger partial charge in [-0.15, -0.1) is 0 Å². The molecule has 3 aromatic rings. The van der Waals surface area contributed by atoms with Gasteiger partial charge in [-0.3, -0.25) is 9.52 Å². The van der Waals surface area contributed by atoms with E-state index in [0.29, 0.717) is 5.02 Å². The number of carbonyl (C=O) groups excluding carboxylic acids is 1. The van der Waals surface area contributed by atoms with Crippen molar-refractivity contribution in [3.8, 4) is 0 Å². The molecule has 1 amide bonds. The lowest BCUT2D eigenvalue weighted by molar-refractivity contribution is 0.0730. The first kappa shape index (κ1) is 27.6. The molecule has 1 saturated heterocycles. The Kier molecular flexibility index (Phi) is 8.34. The maximum atomic E-state index is 12.9. The van der Waals surface area contributed by atoms with Crippen molar-refractivity contribution in [2.45, 2.75) is 9.79 Å². The van der Waals surface area contributed by atoms with E-state index in [9.17, 15) is 21.6 Å². The summed E-state index contributed by atoms with van der Waals surface area (Å²) in [6, 6.07) is 13.6. The highest BCUT2D eigenvalue weighted by Gasteiger charge is 2.27. The van der Waals surface area contributed by atoms with E-state index in [1.165, 1.54) is 65.0 Å². The van der Waals surface area contributed by atoms with E-state index in [-0.39, 0.29) is 63.1 Å². The molecular formula is C23H20Cl3N3O6S2. The smallest absolute Gasteiger partial charge is 0.261 e. The lowest BCUT2D eigenvalue weighted by Crippen LogP contribution is -2.40. The molecule has 37 heavy (non-hydrogen) atoms. The molecule has 0 aromatic heterocycles. The van der Waals surface area contributed by atoms with Crippen LogP contribution in [0.25, 0.3) is 0 Å². The van der Waals surface area contributed by atoms with Gasteiger partial charge in [0.2, 0.25) is 10.0 Å². The van der Waals surface area contributed by atoms with Gasteiger partial charge in [-0.25, -0.2) is 16.8 Å². The van der Waals surface area contributed by atoms with E-state index in [1.807, 2.05) is 0 Å². The minimum Gasteiger partial charge on any atom is -0.379 e. The summed E-state index contributed by atoms with van der Waals surface area (Å²) in [4.78, 5) is 12.8. The van der Waals surface area contributed by atoms with Gasteiger partial charge in [-0.2, -0.15) is 4.31 Å². The van der Waals surface area contributed by atoms with E-state index >= 15 is 0 Å². The first-order valence-electron chi connectivity index (χ1n) is 10.7. The lowest BCUT2D eigenvalue weighted by atomic mass is 10.2. The second kappa shape index (κ2) is 11.2. The number of benzene rings is 3. The van der Waals surface area contributed by atoms with Gasteiger partial charge in [-0.05, 0) is 60.7 Å². The third kappa shape index (κ3) is 6.37. The molecule has 2 N–H and O–H groups in total. The van der Waals surface area contributed by atoms with Crippen LogP contribution in [0.5, 0.6) is 0 Å². The predicted octanol–water partition coefficient (Wildman–Crippen LogP) is 4.72. The predicted molar refractivity (Wildman–Crippen MR) is 143 cm³/mol. The maximum absolute atomic E-state index is 12.9. The van der Waals surface area contributed by atoms with Crippen molar-refractivity contribution in [1.29, 1.82) is 0 Å². The molecule has 0 atom stereocenters. The number of nitrogens with one attached hydrogen (secondary N) is 2. The quantitative estimate of drug-likeness (QED) is 0.403. The summed E-state index contributed by atoms with van der Waals surface area (Å²) < 4.78 is 60.2. The molecule has 0 saturated carbocycles. The van der Waals surface area contributed by atoms with Crippen molar-refractivity contribution in [2.75, 3.05) is 36.3 Å². The van der Waals surface area contributed by atoms with Crippen LogP contribution in [0.1, 0.15) is 10.4 Å². The molecule has 9 nitrogen and oxygen atoms in total. The number of hydrogen-bond acceptors (Lipinski definition) is 6. The van der Waals surface area contributed by atoms with Crippen LogP contribution < -0.4 is 10.0 Å². The molecule has 0 spiro atoms. The zero-order valence-electron chi connectivity index (χ0n) is 18.9. The molecule has 1 aliphatic heterocycles. The van der Waals surface area contributed by atoms with Crippen LogP contribution in [0.3, 0.4) is 0 Å². The van der Waals surface area contributed by atoms with Crippen molar-refractivity contribution in [3.05, 3.63) is 81.3 Å². The van der Waals surface area contributed by atoms with E-state index in [1.54, 1.807) is 0 Å². The molecule has 1 aliphatic rings. The summed E-state index contributed by atoms with van der Waals surface area (Å²) in [6.07, 6.45) is 0. The number of anilines is 2. The zero-order valence-corrected chi connectivity index (χ0v) is 22.8. The molecule has 0 unspecified atom stereocenters. The van der Waals surface area contributed by atoms with Crippen LogP contribution in [0.2, 0.25) is 15.1 Å². The van der Waals surface area contributed by atoms with Gasteiger partial charge >= 0.3 is 0 Å². The molecule has 1 heterocycles. The summed E-state index contributed by atoms with van der Waals surface area (Å²) in [5.74, 6) is -0.661. The highest BCUT2D eigenvalue weighted by molar-refractivity contribution is 7.92. The molecule has 196 valence electrons. The Morgan fingerprint density at radius 3 is 2.11 bits per heavy atom. The van der Waals surface area contributed by atoms with Crippen LogP contribution in [-0.2, 0) is 24.8 Å². The van der Waals surface area contributed by atoms with Crippen molar-refractivity contribution < 1.29 is 26.4 Å². The fourth-order valence-electron chi connectivity index (χ4n) is 3.47. The van der Waals surface area contributed by atoms with E-state index < -0.39 is 26.0 Å². The van der Waals surface area contributed by atoms with Crippen molar-refractivity contribution in [3.63, 3.8) is 0 Å². The first-order chi connectivity index (χ1) is 17.5. The van der Waals surface area contributed by atoms with Gasteiger partial charge in [-0.1, -0.05) is 34.8 Å². The Hall–Kier alpha value is -2.38. The van der Waals surface area contributed by atoms with Gasteiger partial charge in [0.05, 0.1) is 44.3 Å². The molecule has 0 aliphatic carbocycles. The van der Waals surface area contributed by atoms with Gasteiger partial charge in [0, 0.05) is 23.8 Å². The summed E-state index contributed by atoms with van der Waals surface area (Å²) in [5.41, 5.74) is 0.378. The normalized spacial score (nSPS) is 14.8. The lowest BCUT2D eigenvalue weighted by Gasteiger charge is -2.26. The zero-order chi connectivity index (χ0) is 26.8. The van der Waals surface area contributed by atoms with Crippen LogP contribution in [0, 0.1) is 0 Å². The number of ether oxygens (including phenoxy) is 1. The highest BCUT2D eigenvalue weighted by atomic mass is 35.5. The van der Waals surface area contributed by atoms with Gasteiger partial charge in [0.15, 0.2) is 0 Å². The number of carbonyl (C=O) groups is 1. The van der Waals surface area contributed by atoms with Crippen molar-refractivity contribution >= 4 is 72.1 Å². The largest absolute Gasteiger partial charge is 0.379 e. The fraction of sp³-hybridized carbons (Fsp3) is 0.174. The number of hydrogen-bond donors (Lipinski definition) is 2. The molecular weight excluding hydrogens is 585 g/mol. The standard InChI is InChI=1S/C23H20Cl3N3O6S2/c24-15-1-8-22(21(26)13-15)28-36(31,32)17-4-2-16(3-5-17)27-23(30)19-14-18(6-7-20(19)25)37(33,34)29-9-11-35-12-10-29/h1-8,13-14,28H,9-12H2,(H,27,30). The Balaban J connectivity index is 1.50. The first-order valence-corrected chi connectivity index (χ1v) is 14.8. The molecule has 0 radical (unpaired) electrons. The molecule has 3 aromatic carbocycles. The Morgan fingerprint density at radius 1 is 0.811 bits per heavy atom. The third-order valence-corrected chi connectivity index (χ3v) is 9.54. The number of halogens is 3. The SMILES string of the molecule is O=C(Nc1ccc(S(=O)(=O)Nc2ccc(Cl)cc2Cl)cc1)c1cc(S(=O)(=O)N2CCOCC2)ccc1Cl. The van der Waals surface area contributed by atoms with E-state index in [0.717, 1.165) is 0 Å². The monoisotopic (exact) mass is 603 g/mol. The van der Waals surface area contributed by atoms with Crippen LogP contribution in [-0.4, -0.2) is 53.4 Å². The number of sulfonamides is 2. The minimum atomic E-state index is -3.98. The van der Waals surface area contributed by atoms with Crippen molar-refractivity contribution in [2.24, 2.45) is 0 Å². The van der Waals surface area contributed by atoms with E-state index in [2.05, 4.69) is 10.0 Å². The number of amides is 1. The number of rotatable bonds is 7. The summed E-state index contributed by atoms with van der Waals surface area (Å²) in [6.45, 7) is 0.990. The second-order valence-electron chi connectivity index (χ2n) is 7.87. The van der Waals surface area contributed by atoms with Crippen molar-refractivity contribution in [1.82, 2.24) is 4.31 Å². The molecule has 0 bridgehead atoms. The molecule has 14 heteroatoms. The van der Waals surface area contributed by atoms with Gasteiger partial charge < -0.3 is 10.1 Å². The van der Waals surface area contributed by atoms with Crippen LogP contribution in [0.15, 0.2) is 70.5 Å². The van der Waals surface area contributed by atoms with Gasteiger partial charge in [0.25, 0.3) is 15.9 Å². The average Bonchev–Trinajstić information content (AvgIpc) is 2.86. The Bertz CT molecular complexity index is 1540. The number of morpholine rings is 1. The topological polar surface area (TPSA) is 122 Å². The highest BCUT2D eigenvalue weighted by Crippen LogP contribution is 2.28. The van der Waals surface area contributed by atoms with Gasteiger partial charge in [0.1, 0.15) is 0 Å². The summed E-state index contributed by atoms with van der Waals surface area (Å²) in [7, 11) is -7.81. The summed E-state index contributed by atoms with van der Waals surface area (Å²) in [5, 5.41) is 3.15. The van der Waals surface area contributed by atoms with Crippen LogP contribution >= 0.6 is 34.8 Å². The van der Waals surface area contributed by atoms with Crippen LogP contribution in [0.4, 0.5) is 11.4 Å². The average molecular weight is 605 g/mol. The van der Waals surface area contributed by atoms with E-state index in [4.69, 9.17) is 39.5 Å².